The maximum absolute atomic E-state index is 13.2. The van der Waals surface area contributed by atoms with Gasteiger partial charge in [-0.25, -0.2) is 9.97 Å². The minimum atomic E-state index is -0.0946. The standard InChI is InChI=1S/C19H21N7O/c1-25-9-8-23-18(25)16-12-21-7-10-26(16)19(27)14-3-2-4-15(11-14)24-17-13-20-5-6-22-17/h2-6,8-9,11,13,16,21H,7,10,12H2,1H3,(H,22,24). The molecule has 1 unspecified atom stereocenters. The number of anilines is 2. The van der Waals surface area contributed by atoms with Gasteiger partial charge in [0.05, 0.1) is 6.20 Å². The molecule has 0 spiro atoms. The van der Waals surface area contributed by atoms with Crippen molar-refractivity contribution in [1.82, 2.24) is 29.7 Å². The smallest absolute Gasteiger partial charge is 0.254 e. The molecule has 0 bridgehead atoms. The third kappa shape index (κ3) is 3.65. The van der Waals surface area contributed by atoms with Gasteiger partial charge in [0.2, 0.25) is 0 Å². The van der Waals surface area contributed by atoms with Crippen LogP contribution in [-0.2, 0) is 7.05 Å². The van der Waals surface area contributed by atoms with Crippen LogP contribution >= 0.6 is 0 Å². The minimum Gasteiger partial charge on any atom is -0.339 e. The summed E-state index contributed by atoms with van der Waals surface area (Å²) in [5.41, 5.74) is 1.43. The second-order valence-electron chi connectivity index (χ2n) is 6.41. The molecule has 4 rings (SSSR count). The van der Waals surface area contributed by atoms with Crippen LogP contribution in [0.1, 0.15) is 22.2 Å². The van der Waals surface area contributed by atoms with Gasteiger partial charge in [-0.1, -0.05) is 6.07 Å². The zero-order chi connectivity index (χ0) is 18.6. The molecule has 138 valence electrons. The van der Waals surface area contributed by atoms with Crippen molar-refractivity contribution in [3.8, 4) is 0 Å². The van der Waals surface area contributed by atoms with Gasteiger partial charge < -0.3 is 20.1 Å². The van der Waals surface area contributed by atoms with Gasteiger partial charge in [0.1, 0.15) is 17.7 Å². The van der Waals surface area contributed by atoms with Crippen molar-refractivity contribution >= 4 is 17.4 Å². The molecule has 1 saturated heterocycles. The van der Waals surface area contributed by atoms with Crippen LogP contribution < -0.4 is 10.6 Å². The normalized spacial score (nSPS) is 16.9. The van der Waals surface area contributed by atoms with Crippen LogP contribution in [0, 0.1) is 0 Å². The highest BCUT2D eigenvalue weighted by molar-refractivity contribution is 5.95. The van der Waals surface area contributed by atoms with E-state index in [9.17, 15) is 4.79 Å². The molecule has 1 aliphatic heterocycles. The number of piperazine rings is 1. The molecule has 0 aliphatic carbocycles. The van der Waals surface area contributed by atoms with Gasteiger partial charge in [0.25, 0.3) is 5.91 Å². The first kappa shape index (κ1) is 17.2. The molecular formula is C19H21N7O. The van der Waals surface area contributed by atoms with Crippen molar-refractivity contribution in [1.29, 1.82) is 0 Å². The van der Waals surface area contributed by atoms with Crippen LogP contribution in [-0.4, -0.2) is 50.0 Å². The first-order valence-corrected chi connectivity index (χ1v) is 8.84. The number of carbonyl (C=O) groups excluding carboxylic acids is 1. The molecule has 3 heterocycles. The zero-order valence-electron chi connectivity index (χ0n) is 15.0. The maximum Gasteiger partial charge on any atom is 0.254 e. The number of rotatable bonds is 4. The van der Waals surface area contributed by atoms with Crippen molar-refractivity contribution in [2.45, 2.75) is 6.04 Å². The molecule has 0 saturated carbocycles. The number of aryl methyl sites for hydroxylation is 1. The molecule has 1 aromatic carbocycles. The highest BCUT2D eigenvalue weighted by atomic mass is 16.2. The van der Waals surface area contributed by atoms with Crippen LogP contribution in [0.4, 0.5) is 11.5 Å². The summed E-state index contributed by atoms with van der Waals surface area (Å²) in [6.45, 7) is 2.09. The van der Waals surface area contributed by atoms with Crippen molar-refractivity contribution in [2.24, 2.45) is 7.05 Å². The summed E-state index contributed by atoms with van der Waals surface area (Å²) in [5, 5.41) is 6.53. The number of aromatic nitrogens is 4. The van der Waals surface area contributed by atoms with E-state index in [4.69, 9.17) is 0 Å². The van der Waals surface area contributed by atoms with Gasteiger partial charge in [-0.15, -0.1) is 0 Å². The summed E-state index contributed by atoms with van der Waals surface area (Å²) >= 11 is 0. The van der Waals surface area contributed by atoms with Gasteiger partial charge in [-0.2, -0.15) is 0 Å². The Labute approximate surface area is 157 Å². The fourth-order valence-corrected chi connectivity index (χ4v) is 3.28. The average molecular weight is 363 g/mol. The highest BCUT2D eigenvalue weighted by Crippen LogP contribution is 2.24. The lowest BCUT2D eigenvalue weighted by atomic mass is 10.1. The molecule has 2 aromatic heterocycles. The predicted octanol–water partition coefficient (Wildman–Crippen LogP) is 1.74. The van der Waals surface area contributed by atoms with E-state index in [1.165, 1.54) is 0 Å². The topological polar surface area (TPSA) is 88.0 Å². The van der Waals surface area contributed by atoms with E-state index in [1.54, 1.807) is 24.8 Å². The Kier molecular flexibility index (Phi) is 4.80. The van der Waals surface area contributed by atoms with E-state index >= 15 is 0 Å². The third-order valence-corrected chi connectivity index (χ3v) is 4.61. The number of hydrogen-bond acceptors (Lipinski definition) is 6. The van der Waals surface area contributed by atoms with Crippen LogP contribution in [0.15, 0.2) is 55.2 Å². The quantitative estimate of drug-likeness (QED) is 0.734. The fourth-order valence-electron chi connectivity index (χ4n) is 3.28. The lowest BCUT2D eigenvalue weighted by molar-refractivity contribution is 0.0621. The van der Waals surface area contributed by atoms with Crippen molar-refractivity contribution < 1.29 is 4.79 Å². The summed E-state index contributed by atoms with van der Waals surface area (Å²) in [4.78, 5) is 27.8. The van der Waals surface area contributed by atoms with Gasteiger partial charge in [-0.05, 0) is 18.2 Å². The first-order chi connectivity index (χ1) is 13.2. The van der Waals surface area contributed by atoms with E-state index in [0.717, 1.165) is 18.1 Å². The fraction of sp³-hybridized carbons (Fsp3) is 0.263. The lowest BCUT2D eigenvalue weighted by Gasteiger charge is -2.35. The van der Waals surface area contributed by atoms with Crippen LogP contribution in [0.3, 0.4) is 0 Å². The highest BCUT2D eigenvalue weighted by Gasteiger charge is 2.31. The molecule has 1 atom stereocenters. The number of benzene rings is 1. The monoisotopic (exact) mass is 363 g/mol. The van der Waals surface area contributed by atoms with E-state index in [-0.39, 0.29) is 11.9 Å². The van der Waals surface area contributed by atoms with Gasteiger partial charge in [-0.3, -0.25) is 9.78 Å². The zero-order valence-corrected chi connectivity index (χ0v) is 15.0. The number of nitrogens with one attached hydrogen (secondary N) is 2. The molecule has 8 nitrogen and oxygen atoms in total. The summed E-state index contributed by atoms with van der Waals surface area (Å²) in [6, 6.07) is 7.35. The van der Waals surface area contributed by atoms with E-state index in [2.05, 4.69) is 25.6 Å². The summed E-state index contributed by atoms with van der Waals surface area (Å²) in [5.74, 6) is 1.51. The minimum absolute atomic E-state index is 0.00713. The Hall–Kier alpha value is -3.26. The molecule has 27 heavy (non-hydrogen) atoms. The van der Waals surface area contributed by atoms with Crippen LogP contribution in [0.2, 0.25) is 0 Å². The second kappa shape index (κ2) is 7.55. The average Bonchev–Trinajstić information content (AvgIpc) is 3.14. The Morgan fingerprint density at radius 1 is 1.26 bits per heavy atom. The number of imidazole rings is 1. The summed E-state index contributed by atoms with van der Waals surface area (Å²) in [7, 11) is 1.95. The van der Waals surface area contributed by atoms with Crippen molar-refractivity contribution in [2.75, 3.05) is 25.0 Å². The largest absolute Gasteiger partial charge is 0.339 e. The molecule has 8 heteroatoms. The van der Waals surface area contributed by atoms with Crippen LogP contribution in [0.5, 0.6) is 0 Å². The maximum atomic E-state index is 13.2. The SMILES string of the molecule is Cn1ccnc1C1CNCCN1C(=O)c1cccc(Nc2cnccn2)c1. The molecule has 2 N–H and O–H groups in total. The van der Waals surface area contributed by atoms with Gasteiger partial charge >= 0.3 is 0 Å². The molecule has 1 amide bonds. The van der Waals surface area contributed by atoms with Gasteiger partial charge in [0.15, 0.2) is 0 Å². The number of carbonyl (C=O) groups is 1. The van der Waals surface area contributed by atoms with Crippen molar-refractivity contribution in [3.63, 3.8) is 0 Å². The number of amides is 1. The Morgan fingerprint density at radius 3 is 2.96 bits per heavy atom. The Balaban J connectivity index is 1.58. The van der Waals surface area contributed by atoms with Crippen LogP contribution in [0.25, 0.3) is 0 Å². The summed E-state index contributed by atoms with van der Waals surface area (Å²) < 4.78 is 1.96. The Bertz CT molecular complexity index is 925. The van der Waals surface area contributed by atoms with E-state index < -0.39 is 0 Å². The third-order valence-electron chi connectivity index (χ3n) is 4.61. The lowest BCUT2D eigenvalue weighted by Crippen LogP contribution is -2.49. The van der Waals surface area contributed by atoms with Crippen molar-refractivity contribution in [3.05, 3.63) is 66.6 Å². The van der Waals surface area contributed by atoms with Gasteiger partial charge in [0, 0.05) is 62.7 Å². The Morgan fingerprint density at radius 2 is 2.19 bits per heavy atom. The molecule has 0 radical (unpaired) electrons. The van der Waals surface area contributed by atoms with E-state index in [0.29, 0.717) is 24.5 Å². The predicted molar refractivity (Wildman–Crippen MR) is 102 cm³/mol. The molecular weight excluding hydrogens is 342 g/mol. The molecule has 1 fully saturated rings. The molecule has 1 aliphatic rings. The number of hydrogen-bond donors (Lipinski definition) is 2. The molecule has 3 aromatic rings. The van der Waals surface area contributed by atoms with E-state index in [1.807, 2.05) is 47.0 Å². The first-order valence-electron chi connectivity index (χ1n) is 8.84. The number of nitrogens with zero attached hydrogens (tertiary/aromatic N) is 5. The summed E-state index contributed by atoms with van der Waals surface area (Å²) in [6.07, 6.45) is 8.54. The second-order valence-corrected chi connectivity index (χ2v) is 6.41.